The Hall–Kier alpha value is -0.570. The lowest BCUT2D eigenvalue weighted by molar-refractivity contribution is -0.144. The predicted octanol–water partition coefficient (Wildman–Crippen LogP) is 1.90. The topological polar surface area (TPSA) is 38.8 Å². The van der Waals surface area contributed by atoms with E-state index < -0.39 is 0 Å². The molecular formula is C11H18O3. The van der Waals surface area contributed by atoms with Gasteiger partial charge in [0, 0.05) is 0 Å². The van der Waals surface area contributed by atoms with Crippen molar-refractivity contribution >= 4 is 5.97 Å². The SMILES string of the molecule is CCOC(=O)C1OC12CCC(C)CC2. The highest BCUT2D eigenvalue weighted by molar-refractivity contribution is 5.79. The average Bonchev–Trinajstić information content (AvgIpc) is 2.87. The molecule has 1 unspecified atom stereocenters. The molecule has 1 heterocycles. The second-order valence-electron chi connectivity index (χ2n) is 4.50. The van der Waals surface area contributed by atoms with Gasteiger partial charge in [-0.2, -0.15) is 0 Å². The molecule has 0 aromatic rings. The van der Waals surface area contributed by atoms with E-state index in [9.17, 15) is 4.79 Å². The molecule has 1 saturated heterocycles. The quantitative estimate of drug-likeness (QED) is 0.502. The first-order chi connectivity index (χ1) is 6.68. The van der Waals surface area contributed by atoms with Crippen molar-refractivity contribution in [3.8, 4) is 0 Å². The predicted molar refractivity (Wildman–Crippen MR) is 51.9 cm³/mol. The van der Waals surface area contributed by atoms with Crippen LogP contribution in [0.3, 0.4) is 0 Å². The molecule has 0 aromatic carbocycles. The van der Waals surface area contributed by atoms with Gasteiger partial charge in [-0.25, -0.2) is 4.79 Å². The van der Waals surface area contributed by atoms with Gasteiger partial charge in [0.2, 0.25) is 0 Å². The molecule has 0 amide bonds. The van der Waals surface area contributed by atoms with Crippen LogP contribution in [0.15, 0.2) is 0 Å². The molecule has 80 valence electrons. The Kier molecular flexibility index (Phi) is 2.52. The number of epoxide rings is 1. The van der Waals surface area contributed by atoms with Gasteiger partial charge in [-0.15, -0.1) is 0 Å². The first-order valence-corrected chi connectivity index (χ1v) is 5.52. The van der Waals surface area contributed by atoms with Gasteiger partial charge in [-0.1, -0.05) is 6.92 Å². The van der Waals surface area contributed by atoms with Crippen molar-refractivity contribution in [3.63, 3.8) is 0 Å². The molecule has 14 heavy (non-hydrogen) atoms. The van der Waals surface area contributed by atoms with E-state index in [1.807, 2.05) is 6.92 Å². The largest absolute Gasteiger partial charge is 0.464 e. The van der Waals surface area contributed by atoms with E-state index in [1.165, 1.54) is 12.8 Å². The molecule has 0 N–H and O–H groups in total. The highest BCUT2D eigenvalue weighted by Crippen LogP contribution is 2.49. The Bertz CT molecular complexity index is 229. The smallest absolute Gasteiger partial charge is 0.338 e. The molecular weight excluding hydrogens is 180 g/mol. The van der Waals surface area contributed by atoms with Crippen molar-refractivity contribution in [3.05, 3.63) is 0 Å². The maximum Gasteiger partial charge on any atom is 0.338 e. The fraction of sp³-hybridized carbons (Fsp3) is 0.909. The molecule has 0 bridgehead atoms. The maximum absolute atomic E-state index is 11.4. The number of esters is 1. The van der Waals surface area contributed by atoms with Crippen LogP contribution in [-0.4, -0.2) is 24.3 Å². The third-order valence-corrected chi connectivity index (χ3v) is 3.39. The fourth-order valence-corrected chi connectivity index (χ4v) is 2.31. The molecule has 2 aliphatic rings. The van der Waals surface area contributed by atoms with Crippen LogP contribution in [0, 0.1) is 5.92 Å². The van der Waals surface area contributed by atoms with Crippen molar-refractivity contribution in [2.24, 2.45) is 5.92 Å². The number of rotatable bonds is 2. The number of carbonyl (C=O) groups is 1. The first kappa shape index (κ1) is 9.97. The van der Waals surface area contributed by atoms with E-state index >= 15 is 0 Å². The number of carbonyl (C=O) groups excluding carboxylic acids is 1. The Morgan fingerprint density at radius 1 is 1.50 bits per heavy atom. The van der Waals surface area contributed by atoms with Gasteiger partial charge in [-0.05, 0) is 38.5 Å². The molecule has 0 aromatic heterocycles. The Labute approximate surface area is 84.8 Å². The van der Waals surface area contributed by atoms with Crippen LogP contribution in [0.2, 0.25) is 0 Å². The van der Waals surface area contributed by atoms with Crippen molar-refractivity contribution in [1.29, 1.82) is 0 Å². The zero-order valence-electron chi connectivity index (χ0n) is 8.91. The molecule has 3 nitrogen and oxygen atoms in total. The summed E-state index contributed by atoms with van der Waals surface area (Å²) < 4.78 is 10.5. The van der Waals surface area contributed by atoms with E-state index in [-0.39, 0.29) is 17.7 Å². The van der Waals surface area contributed by atoms with Crippen molar-refractivity contribution < 1.29 is 14.3 Å². The van der Waals surface area contributed by atoms with Crippen molar-refractivity contribution in [1.82, 2.24) is 0 Å². The van der Waals surface area contributed by atoms with Gasteiger partial charge in [-0.3, -0.25) is 0 Å². The van der Waals surface area contributed by atoms with E-state index in [0.29, 0.717) is 6.61 Å². The third-order valence-electron chi connectivity index (χ3n) is 3.39. The third kappa shape index (κ3) is 1.65. The second-order valence-corrected chi connectivity index (χ2v) is 4.50. The summed E-state index contributed by atoms with van der Waals surface area (Å²) in [6, 6.07) is 0. The van der Waals surface area contributed by atoms with Crippen LogP contribution in [0.25, 0.3) is 0 Å². The lowest BCUT2D eigenvalue weighted by Crippen LogP contribution is -2.27. The average molecular weight is 198 g/mol. The van der Waals surface area contributed by atoms with E-state index in [4.69, 9.17) is 9.47 Å². The summed E-state index contributed by atoms with van der Waals surface area (Å²) in [4.78, 5) is 11.4. The molecule has 1 saturated carbocycles. The van der Waals surface area contributed by atoms with Gasteiger partial charge < -0.3 is 9.47 Å². The molecule has 0 radical (unpaired) electrons. The Balaban J connectivity index is 1.87. The van der Waals surface area contributed by atoms with Crippen LogP contribution >= 0.6 is 0 Å². The van der Waals surface area contributed by atoms with E-state index in [2.05, 4.69) is 6.92 Å². The van der Waals surface area contributed by atoms with Crippen LogP contribution in [0.1, 0.15) is 39.5 Å². The Morgan fingerprint density at radius 2 is 2.14 bits per heavy atom. The van der Waals surface area contributed by atoms with Gasteiger partial charge in [0.15, 0.2) is 6.10 Å². The van der Waals surface area contributed by atoms with Gasteiger partial charge in [0.05, 0.1) is 6.61 Å². The summed E-state index contributed by atoms with van der Waals surface area (Å²) in [5.41, 5.74) is -0.126. The molecule has 2 rings (SSSR count). The first-order valence-electron chi connectivity index (χ1n) is 5.52. The summed E-state index contributed by atoms with van der Waals surface area (Å²) in [5.74, 6) is 0.620. The van der Waals surface area contributed by atoms with Crippen molar-refractivity contribution in [2.75, 3.05) is 6.61 Å². The summed E-state index contributed by atoms with van der Waals surface area (Å²) in [5, 5.41) is 0. The maximum atomic E-state index is 11.4. The van der Waals surface area contributed by atoms with Crippen LogP contribution < -0.4 is 0 Å². The number of ether oxygens (including phenoxy) is 2. The molecule has 1 aliphatic heterocycles. The monoisotopic (exact) mass is 198 g/mol. The summed E-state index contributed by atoms with van der Waals surface area (Å²) in [6.07, 6.45) is 4.15. The standard InChI is InChI=1S/C11H18O3/c1-3-13-10(12)9-11(14-9)6-4-8(2)5-7-11/h8-9H,3-7H2,1-2H3. The summed E-state index contributed by atoms with van der Waals surface area (Å²) >= 11 is 0. The van der Waals surface area contributed by atoms with E-state index in [0.717, 1.165) is 18.8 Å². The molecule has 1 spiro atoms. The van der Waals surface area contributed by atoms with E-state index in [1.54, 1.807) is 0 Å². The highest BCUT2D eigenvalue weighted by atomic mass is 16.7. The lowest BCUT2D eigenvalue weighted by Gasteiger charge is -2.23. The molecule has 1 aliphatic carbocycles. The summed E-state index contributed by atoms with van der Waals surface area (Å²) in [6.45, 7) is 4.54. The second kappa shape index (κ2) is 3.54. The summed E-state index contributed by atoms with van der Waals surface area (Å²) in [7, 11) is 0. The minimum Gasteiger partial charge on any atom is -0.464 e. The van der Waals surface area contributed by atoms with Gasteiger partial charge in [0.25, 0.3) is 0 Å². The van der Waals surface area contributed by atoms with Gasteiger partial charge >= 0.3 is 5.97 Å². The van der Waals surface area contributed by atoms with Crippen molar-refractivity contribution in [2.45, 2.75) is 51.2 Å². The zero-order chi connectivity index (χ0) is 10.2. The zero-order valence-corrected chi connectivity index (χ0v) is 8.91. The minimum absolute atomic E-state index is 0.126. The van der Waals surface area contributed by atoms with Crippen LogP contribution in [0.5, 0.6) is 0 Å². The Morgan fingerprint density at radius 3 is 2.71 bits per heavy atom. The highest BCUT2D eigenvalue weighted by Gasteiger charge is 2.61. The molecule has 1 atom stereocenters. The van der Waals surface area contributed by atoms with Crippen LogP contribution in [-0.2, 0) is 14.3 Å². The lowest BCUT2D eigenvalue weighted by atomic mass is 9.81. The number of hydrogen-bond donors (Lipinski definition) is 0. The normalized spacial score (nSPS) is 41.0. The fourth-order valence-electron chi connectivity index (χ4n) is 2.31. The molecule has 3 heteroatoms. The van der Waals surface area contributed by atoms with Gasteiger partial charge in [0.1, 0.15) is 5.60 Å². The van der Waals surface area contributed by atoms with Crippen LogP contribution in [0.4, 0.5) is 0 Å². The minimum atomic E-state index is -0.255. The number of hydrogen-bond acceptors (Lipinski definition) is 3. The molecule has 2 fully saturated rings.